The van der Waals surface area contributed by atoms with Crippen LogP contribution in [0.1, 0.15) is 24.5 Å². The summed E-state index contributed by atoms with van der Waals surface area (Å²) in [5, 5.41) is 13.8. The van der Waals surface area contributed by atoms with Gasteiger partial charge in [-0.1, -0.05) is 25.1 Å². The Kier molecular flexibility index (Phi) is 9.18. The van der Waals surface area contributed by atoms with Crippen LogP contribution in [0.4, 0.5) is 11.4 Å². The average molecular weight is 507 g/mol. The fourth-order valence-electron chi connectivity index (χ4n) is 3.63. The molecule has 0 heterocycles. The number of non-ortho nitro benzene ring substituents is 1. The van der Waals surface area contributed by atoms with Gasteiger partial charge in [-0.15, -0.1) is 0 Å². The highest BCUT2D eigenvalue weighted by Gasteiger charge is 2.32. The summed E-state index contributed by atoms with van der Waals surface area (Å²) < 4.78 is 31.4. The Balaban J connectivity index is 2.52. The fourth-order valence-corrected chi connectivity index (χ4v) is 4.53. The molecule has 0 saturated heterocycles. The first-order valence-electron chi connectivity index (χ1n) is 10.8. The summed E-state index contributed by atoms with van der Waals surface area (Å²) in [6, 6.07) is 9.89. The first-order valence-corrected chi connectivity index (χ1v) is 12.6. The number of methoxy groups -OCH3 is 1. The van der Waals surface area contributed by atoms with Crippen molar-refractivity contribution < 1.29 is 27.7 Å². The molecule has 2 aromatic carbocycles. The number of amides is 2. The van der Waals surface area contributed by atoms with Gasteiger partial charge >= 0.3 is 0 Å². The molecule has 12 heteroatoms. The SMILES string of the molecule is CC[C@@H](C(=O)NC)N(Cc1cccc(OC)c1)C(=O)CN(c1cc([N+](=O)[O-])ccc1C)S(C)(=O)=O. The summed E-state index contributed by atoms with van der Waals surface area (Å²) in [7, 11) is -1.05. The second-order valence-corrected chi connectivity index (χ2v) is 9.82. The maximum absolute atomic E-state index is 13.6. The minimum atomic E-state index is -4.01. The zero-order chi connectivity index (χ0) is 26.3. The predicted octanol–water partition coefficient (Wildman–Crippen LogP) is 2.23. The van der Waals surface area contributed by atoms with Crippen LogP contribution in [-0.2, 0) is 26.2 Å². The molecule has 0 aliphatic heterocycles. The van der Waals surface area contributed by atoms with E-state index in [9.17, 15) is 28.1 Å². The summed E-state index contributed by atoms with van der Waals surface area (Å²) in [5.74, 6) is -0.478. The number of nitrogens with zero attached hydrogens (tertiary/aromatic N) is 3. The maximum Gasteiger partial charge on any atom is 0.271 e. The Bertz CT molecular complexity index is 1200. The third-order valence-corrected chi connectivity index (χ3v) is 6.60. The van der Waals surface area contributed by atoms with Gasteiger partial charge in [0, 0.05) is 25.7 Å². The number of hydrogen-bond acceptors (Lipinski definition) is 7. The molecule has 2 amide bonds. The monoisotopic (exact) mass is 506 g/mol. The molecule has 1 N–H and O–H groups in total. The molecule has 2 aromatic rings. The van der Waals surface area contributed by atoms with Crippen LogP contribution in [-0.4, -0.2) is 63.1 Å². The largest absolute Gasteiger partial charge is 0.497 e. The van der Waals surface area contributed by atoms with Gasteiger partial charge in [0.25, 0.3) is 5.69 Å². The van der Waals surface area contributed by atoms with Crippen LogP contribution in [0.3, 0.4) is 0 Å². The van der Waals surface area contributed by atoms with E-state index in [2.05, 4.69) is 5.32 Å². The zero-order valence-corrected chi connectivity index (χ0v) is 21.2. The molecule has 0 spiro atoms. The van der Waals surface area contributed by atoms with Crippen LogP contribution in [0.5, 0.6) is 5.75 Å². The molecule has 0 aliphatic carbocycles. The van der Waals surface area contributed by atoms with Crippen molar-refractivity contribution in [3.8, 4) is 5.75 Å². The maximum atomic E-state index is 13.6. The van der Waals surface area contributed by atoms with Gasteiger partial charge in [-0.3, -0.25) is 24.0 Å². The Morgan fingerprint density at radius 3 is 2.43 bits per heavy atom. The average Bonchev–Trinajstić information content (AvgIpc) is 2.81. The normalized spacial score (nSPS) is 11.9. The number of sulfonamides is 1. The van der Waals surface area contributed by atoms with Crippen molar-refractivity contribution in [2.24, 2.45) is 0 Å². The van der Waals surface area contributed by atoms with E-state index in [4.69, 9.17) is 4.74 Å². The second kappa shape index (κ2) is 11.6. The molecule has 1 atom stereocenters. The summed E-state index contributed by atoms with van der Waals surface area (Å²) in [6.45, 7) is 2.71. The van der Waals surface area contributed by atoms with Gasteiger partial charge in [-0.25, -0.2) is 8.42 Å². The first-order chi connectivity index (χ1) is 16.4. The number of carbonyl (C=O) groups is 2. The van der Waals surface area contributed by atoms with Gasteiger partial charge in [0.1, 0.15) is 18.3 Å². The molecule has 0 radical (unpaired) electrons. The lowest BCUT2D eigenvalue weighted by Gasteiger charge is -2.33. The summed E-state index contributed by atoms with van der Waals surface area (Å²) >= 11 is 0. The lowest BCUT2D eigenvalue weighted by atomic mass is 10.1. The van der Waals surface area contributed by atoms with Crippen LogP contribution in [0.25, 0.3) is 0 Å². The zero-order valence-electron chi connectivity index (χ0n) is 20.3. The first kappa shape index (κ1) is 27.6. The Morgan fingerprint density at radius 2 is 1.89 bits per heavy atom. The molecular formula is C23H30N4O7S. The lowest BCUT2D eigenvalue weighted by molar-refractivity contribution is -0.384. The third kappa shape index (κ3) is 6.92. The molecule has 0 bridgehead atoms. The number of hydrogen-bond donors (Lipinski definition) is 1. The molecule has 0 aromatic heterocycles. The van der Waals surface area contributed by atoms with E-state index in [0.717, 1.165) is 16.6 Å². The van der Waals surface area contributed by atoms with E-state index in [1.54, 1.807) is 38.1 Å². The quantitative estimate of drug-likeness (QED) is 0.364. The molecule has 190 valence electrons. The number of likely N-dealkylation sites (N-methyl/N-ethyl adjacent to an activating group) is 1. The highest BCUT2D eigenvalue weighted by Crippen LogP contribution is 2.28. The molecule has 11 nitrogen and oxygen atoms in total. The molecule has 0 saturated carbocycles. The Labute approximate surface area is 204 Å². The Morgan fingerprint density at radius 1 is 1.20 bits per heavy atom. The number of aryl methyl sites for hydroxylation is 1. The van der Waals surface area contributed by atoms with E-state index >= 15 is 0 Å². The highest BCUT2D eigenvalue weighted by atomic mass is 32.2. The molecular weight excluding hydrogens is 476 g/mol. The molecule has 2 rings (SSSR count). The summed E-state index contributed by atoms with van der Waals surface area (Å²) in [5.41, 5.74) is 0.824. The standard InChI is InChI=1S/C23H30N4O7S/c1-6-20(23(29)24-3)25(14-17-8-7-9-19(12-17)34-4)22(28)15-26(35(5,32)33)21-13-18(27(30)31)11-10-16(21)2/h7-13,20H,6,14-15H2,1-5H3,(H,24,29)/t20-/m0/s1. The Hall–Kier alpha value is -3.67. The summed E-state index contributed by atoms with van der Waals surface area (Å²) in [4.78, 5) is 38.1. The van der Waals surface area contributed by atoms with Crippen LogP contribution >= 0.6 is 0 Å². The van der Waals surface area contributed by atoms with Gasteiger partial charge < -0.3 is 15.0 Å². The number of anilines is 1. The van der Waals surface area contributed by atoms with Crippen molar-refractivity contribution in [1.29, 1.82) is 0 Å². The van der Waals surface area contributed by atoms with Gasteiger partial charge in [0.05, 0.1) is 24.0 Å². The van der Waals surface area contributed by atoms with Gasteiger partial charge in [0.2, 0.25) is 21.8 Å². The lowest BCUT2D eigenvalue weighted by Crippen LogP contribution is -2.51. The van der Waals surface area contributed by atoms with E-state index in [0.29, 0.717) is 16.9 Å². The van der Waals surface area contributed by atoms with Crippen LogP contribution in [0.2, 0.25) is 0 Å². The van der Waals surface area contributed by atoms with Gasteiger partial charge in [-0.05, 0) is 36.6 Å². The summed E-state index contributed by atoms with van der Waals surface area (Å²) in [6.07, 6.45) is 1.20. The number of carbonyl (C=O) groups excluding carboxylic acids is 2. The molecule has 0 unspecified atom stereocenters. The van der Waals surface area contributed by atoms with Crippen LogP contribution in [0, 0.1) is 17.0 Å². The minimum Gasteiger partial charge on any atom is -0.497 e. The van der Waals surface area contributed by atoms with Crippen molar-refractivity contribution in [3.63, 3.8) is 0 Å². The fraction of sp³-hybridized carbons (Fsp3) is 0.391. The predicted molar refractivity (Wildman–Crippen MR) is 132 cm³/mol. The van der Waals surface area contributed by atoms with E-state index in [1.165, 1.54) is 31.2 Å². The topological polar surface area (TPSA) is 139 Å². The van der Waals surface area contributed by atoms with Gasteiger partial charge in [-0.2, -0.15) is 0 Å². The van der Waals surface area contributed by atoms with E-state index in [-0.39, 0.29) is 24.3 Å². The van der Waals surface area contributed by atoms with Gasteiger partial charge in [0.15, 0.2) is 0 Å². The van der Waals surface area contributed by atoms with Crippen LogP contribution in [0.15, 0.2) is 42.5 Å². The van der Waals surface area contributed by atoms with Crippen molar-refractivity contribution >= 4 is 33.2 Å². The van der Waals surface area contributed by atoms with E-state index in [1.807, 2.05) is 0 Å². The number of nitro benzene ring substituents is 1. The molecule has 0 fully saturated rings. The second-order valence-electron chi connectivity index (χ2n) is 7.91. The van der Waals surface area contributed by atoms with Crippen molar-refractivity contribution in [2.45, 2.75) is 32.9 Å². The molecule has 35 heavy (non-hydrogen) atoms. The van der Waals surface area contributed by atoms with Crippen LogP contribution < -0.4 is 14.4 Å². The smallest absolute Gasteiger partial charge is 0.271 e. The van der Waals surface area contributed by atoms with Crippen molar-refractivity contribution in [2.75, 3.05) is 31.3 Å². The minimum absolute atomic E-state index is 0.0179. The van der Waals surface area contributed by atoms with Crippen molar-refractivity contribution in [3.05, 3.63) is 63.7 Å². The number of ether oxygens (including phenoxy) is 1. The highest BCUT2D eigenvalue weighted by molar-refractivity contribution is 7.92. The molecule has 0 aliphatic rings. The van der Waals surface area contributed by atoms with E-state index < -0.39 is 39.3 Å². The number of benzene rings is 2. The number of nitro groups is 1. The number of nitrogens with one attached hydrogen (secondary N) is 1. The third-order valence-electron chi connectivity index (χ3n) is 5.47. The number of rotatable bonds is 11. The van der Waals surface area contributed by atoms with Crippen molar-refractivity contribution in [1.82, 2.24) is 10.2 Å².